The highest BCUT2D eigenvalue weighted by atomic mass is 16.5. The second kappa shape index (κ2) is 7.93. The molecule has 7 nitrogen and oxygen atoms in total. The molecular formula is C22H18N4O3. The number of para-hydroxylation sites is 1. The number of methoxy groups -OCH3 is 2. The van der Waals surface area contributed by atoms with E-state index in [1.165, 1.54) is 10.9 Å². The summed E-state index contributed by atoms with van der Waals surface area (Å²) in [5, 5.41) is 4.86. The van der Waals surface area contributed by atoms with E-state index in [1.54, 1.807) is 56.8 Å². The third-order valence-electron chi connectivity index (χ3n) is 4.39. The van der Waals surface area contributed by atoms with Crippen LogP contribution in [0.25, 0.3) is 22.3 Å². The number of hydrogen-bond donors (Lipinski definition) is 0. The van der Waals surface area contributed by atoms with Crippen LogP contribution in [0, 0.1) is 0 Å². The van der Waals surface area contributed by atoms with Crippen molar-refractivity contribution >= 4 is 17.1 Å². The average Bonchev–Trinajstić information content (AvgIpc) is 2.78. The van der Waals surface area contributed by atoms with Crippen molar-refractivity contribution in [3.8, 4) is 22.9 Å². The largest absolute Gasteiger partial charge is 0.493 e. The van der Waals surface area contributed by atoms with E-state index in [1.807, 2.05) is 24.3 Å². The van der Waals surface area contributed by atoms with Crippen molar-refractivity contribution in [2.24, 2.45) is 5.10 Å². The van der Waals surface area contributed by atoms with Gasteiger partial charge in [-0.3, -0.25) is 9.78 Å². The molecule has 0 amide bonds. The maximum absolute atomic E-state index is 13.2. The minimum atomic E-state index is -0.271. The monoisotopic (exact) mass is 386 g/mol. The van der Waals surface area contributed by atoms with Crippen LogP contribution in [0.4, 0.5) is 0 Å². The Morgan fingerprint density at radius 1 is 0.966 bits per heavy atom. The summed E-state index contributed by atoms with van der Waals surface area (Å²) in [6.45, 7) is 0. The lowest BCUT2D eigenvalue weighted by molar-refractivity contribution is 0.355. The lowest BCUT2D eigenvalue weighted by Crippen LogP contribution is -2.20. The first-order chi connectivity index (χ1) is 14.2. The third-order valence-corrected chi connectivity index (χ3v) is 4.39. The van der Waals surface area contributed by atoms with Gasteiger partial charge in [0.15, 0.2) is 17.3 Å². The predicted molar refractivity (Wildman–Crippen MR) is 112 cm³/mol. The molecule has 7 heteroatoms. The van der Waals surface area contributed by atoms with Crippen molar-refractivity contribution in [3.63, 3.8) is 0 Å². The Hall–Kier alpha value is -4.00. The predicted octanol–water partition coefficient (Wildman–Crippen LogP) is 3.36. The number of aromatic nitrogens is 3. The lowest BCUT2D eigenvalue weighted by Gasteiger charge is -2.12. The van der Waals surface area contributed by atoms with Crippen LogP contribution in [0.15, 0.2) is 76.8 Å². The number of nitrogens with zero attached hydrogens (tertiary/aromatic N) is 4. The fourth-order valence-electron chi connectivity index (χ4n) is 2.96. The Morgan fingerprint density at radius 2 is 1.76 bits per heavy atom. The van der Waals surface area contributed by atoms with Gasteiger partial charge in [0.2, 0.25) is 0 Å². The van der Waals surface area contributed by atoms with Gasteiger partial charge in [0.25, 0.3) is 5.56 Å². The Bertz CT molecular complexity index is 1250. The Kier molecular flexibility index (Phi) is 5.03. The van der Waals surface area contributed by atoms with Gasteiger partial charge in [0.1, 0.15) is 0 Å². The van der Waals surface area contributed by atoms with Gasteiger partial charge in [-0.15, -0.1) is 0 Å². The minimum absolute atomic E-state index is 0.271. The highest BCUT2D eigenvalue weighted by Gasteiger charge is 2.14. The van der Waals surface area contributed by atoms with Crippen molar-refractivity contribution in [2.75, 3.05) is 14.2 Å². The Balaban J connectivity index is 1.95. The van der Waals surface area contributed by atoms with Crippen molar-refractivity contribution < 1.29 is 9.47 Å². The Labute approximate surface area is 166 Å². The van der Waals surface area contributed by atoms with Gasteiger partial charge >= 0.3 is 0 Å². The molecule has 0 saturated heterocycles. The standard InChI is InChI=1S/C22H18N4O3/c1-28-19-11-10-15(13-20(19)29-2)21-25-18-9-4-3-8-17(18)22(27)26(21)24-14-16-7-5-6-12-23-16/h3-14H,1-2H3. The van der Waals surface area contributed by atoms with E-state index in [0.717, 1.165) is 0 Å². The molecule has 29 heavy (non-hydrogen) atoms. The number of fused-ring (bicyclic) bond motifs is 1. The molecule has 0 aliphatic heterocycles. The molecule has 2 heterocycles. The molecule has 4 rings (SSSR count). The molecule has 4 aromatic rings. The molecule has 0 unspecified atom stereocenters. The van der Waals surface area contributed by atoms with Crippen LogP contribution in [-0.2, 0) is 0 Å². The van der Waals surface area contributed by atoms with Crippen LogP contribution in [0.5, 0.6) is 11.5 Å². The van der Waals surface area contributed by atoms with Crippen LogP contribution >= 0.6 is 0 Å². The van der Waals surface area contributed by atoms with Gasteiger partial charge in [0.05, 0.1) is 37.0 Å². The number of rotatable bonds is 5. The van der Waals surface area contributed by atoms with Crippen molar-refractivity contribution in [1.29, 1.82) is 0 Å². The second-order valence-electron chi connectivity index (χ2n) is 6.14. The lowest BCUT2D eigenvalue weighted by atomic mass is 10.1. The maximum atomic E-state index is 13.2. The summed E-state index contributed by atoms with van der Waals surface area (Å²) in [7, 11) is 3.13. The zero-order valence-corrected chi connectivity index (χ0v) is 15.9. The van der Waals surface area contributed by atoms with Crippen molar-refractivity contribution in [3.05, 3.63) is 82.9 Å². The van der Waals surface area contributed by atoms with Gasteiger partial charge in [-0.2, -0.15) is 9.78 Å². The molecule has 0 aliphatic carbocycles. The molecule has 0 aliphatic rings. The van der Waals surface area contributed by atoms with Crippen LogP contribution in [0.2, 0.25) is 0 Å². The van der Waals surface area contributed by atoms with Gasteiger partial charge in [0, 0.05) is 11.8 Å². The summed E-state index contributed by atoms with van der Waals surface area (Å²) in [5.74, 6) is 1.51. The molecule has 0 bridgehead atoms. The smallest absolute Gasteiger partial charge is 0.282 e. The molecule has 0 N–H and O–H groups in total. The van der Waals surface area contributed by atoms with Gasteiger partial charge in [-0.05, 0) is 42.5 Å². The fraction of sp³-hybridized carbons (Fsp3) is 0.0909. The van der Waals surface area contributed by atoms with Gasteiger partial charge in [-0.1, -0.05) is 18.2 Å². The normalized spacial score (nSPS) is 11.1. The highest BCUT2D eigenvalue weighted by molar-refractivity contribution is 5.81. The van der Waals surface area contributed by atoms with Crippen LogP contribution in [-0.4, -0.2) is 35.1 Å². The number of pyridine rings is 1. The molecule has 144 valence electrons. The Morgan fingerprint density at radius 3 is 2.52 bits per heavy atom. The number of hydrogen-bond acceptors (Lipinski definition) is 6. The molecule has 0 spiro atoms. The summed E-state index contributed by atoms with van der Waals surface area (Å²) in [4.78, 5) is 22.1. The molecule has 0 radical (unpaired) electrons. The van der Waals surface area contributed by atoms with E-state index in [9.17, 15) is 4.79 Å². The van der Waals surface area contributed by atoms with Crippen LogP contribution in [0.1, 0.15) is 5.69 Å². The number of ether oxygens (including phenoxy) is 2. The van der Waals surface area contributed by atoms with E-state index in [4.69, 9.17) is 9.47 Å². The first kappa shape index (κ1) is 18.4. The zero-order valence-electron chi connectivity index (χ0n) is 15.9. The minimum Gasteiger partial charge on any atom is -0.493 e. The van der Waals surface area contributed by atoms with Crippen LogP contribution in [0.3, 0.4) is 0 Å². The molecule has 0 fully saturated rings. The summed E-state index contributed by atoms with van der Waals surface area (Å²) in [6.07, 6.45) is 3.19. The van der Waals surface area contributed by atoms with E-state index in [2.05, 4.69) is 15.1 Å². The first-order valence-corrected chi connectivity index (χ1v) is 8.91. The maximum Gasteiger partial charge on any atom is 0.282 e. The summed E-state index contributed by atoms with van der Waals surface area (Å²) in [6, 6.07) is 18.0. The number of benzene rings is 2. The summed E-state index contributed by atoms with van der Waals surface area (Å²) < 4.78 is 12.0. The van der Waals surface area contributed by atoms with Gasteiger partial charge < -0.3 is 9.47 Å². The molecule has 2 aromatic heterocycles. The topological polar surface area (TPSA) is 78.6 Å². The van der Waals surface area contributed by atoms with Gasteiger partial charge in [-0.25, -0.2) is 4.98 Å². The molecular weight excluding hydrogens is 368 g/mol. The van der Waals surface area contributed by atoms with E-state index >= 15 is 0 Å². The first-order valence-electron chi connectivity index (χ1n) is 8.91. The average molecular weight is 386 g/mol. The summed E-state index contributed by atoms with van der Waals surface area (Å²) >= 11 is 0. The van der Waals surface area contributed by atoms with E-state index < -0.39 is 0 Å². The second-order valence-corrected chi connectivity index (χ2v) is 6.14. The molecule has 0 atom stereocenters. The summed E-state index contributed by atoms with van der Waals surface area (Å²) in [5.41, 5.74) is 1.62. The fourth-order valence-corrected chi connectivity index (χ4v) is 2.96. The zero-order chi connectivity index (χ0) is 20.2. The quantitative estimate of drug-likeness (QED) is 0.492. The van der Waals surface area contributed by atoms with Crippen molar-refractivity contribution in [1.82, 2.24) is 14.6 Å². The molecule has 0 saturated carbocycles. The van der Waals surface area contributed by atoms with E-state index in [-0.39, 0.29) is 5.56 Å². The highest BCUT2D eigenvalue weighted by Crippen LogP contribution is 2.31. The SMILES string of the molecule is COc1ccc(-c2nc3ccccc3c(=O)n2N=Cc2ccccn2)cc1OC. The van der Waals surface area contributed by atoms with Crippen molar-refractivity contribution in [2.45, 2.75) is 0 Å². The molecule has 2 aromatic carbocycles. The van der Waals surface area contributed by atoms with Crippen LogP contribution < -0.4 is 15.0 Å². The third kappa shape index (κ3) is 3.58. The van der Waals surface area contributed by atoms with E-state index in [0.29, 0.717) is 39.5 Å².